The molecule has 8 saturated carbocycles. The number of nitrogen functional groups attached to an aromatic ring is 1. The first-order valence-electron chi connectivity index (χ1n) is 16.7. The van der Waals surface area contributed by atoms with E-state index in [4.69, 9.17) is 15.3 Å². The molecule has 0 aromatic heterocycles. The molecule has 4 heteroatoms. The summed E-state index contributed by atoms with van der Waals surface area (Å²) < 4.78 is 1.56. The Morgan fingerprint density at radius 1 is 0.700 bits per heavy atom. The molecule has 0 amide bonds. The third-order valence-corrected chi connectivity index (χ3v) is 35.4. The van der Waals surface area contributed by atoms with Crippen LogP contribution in [0.3, 0.4) is 0 Å². The van der Waals surface area contributed by atoms with E-state index >= 15 is 0 Å². The van der Waals surface area contributed by atoms with Crippen LogP contribution in [0.15, 0.2) is 48.5 Å². The average molecular weight is 670 g/mol. The molecule has 221 valence electrons. The molecule has 0 aliphatic heterocycles. The van der Waals surface area contributed by atoms with E-state index in [0.29, 0.717) is 10.3 Å². The second kappa shape index (κ2) is 10.1. The first-order valence-corrected chi connectivity index (χ1v) is 23.8. The molecule has 2 aromatic rings. The summed E-state index contributed by atoms with van der Waals surface area (Å²) in [5.41, 5.74) is 8.19. The quantitative estimate of drug-likeness (QED) is 0.169. The fourth-order valence-electron chi connectivity index (χ4n) is 12.7. The Labute approximate surface area is 252 Å². The second-order valence-corrected chi connectivity index (χ2v) is 29.9. The molecule has 0 heterocycles. The van der Waals surface area contributed by atoms with Crippen molar-refractivity contribution in [3.63, 3.8) is 0 Å². The minimum atomic E-state index is -2.00. The molecule has 0 spiro atoms. The topological polar surface area (TPSA) is 26.0 Å². The monoisotopic (exact) mass is 668 g/mol. The summed E-state index contributed by atoms with van der Waals surface area (Å²) in [4.78, 5) is 0. The number of halogens is 1. The zero-order valence-corrected chi connectivity index (χ0v) is 27.8. The van der Waals surface area contributed by atoms with Gasteiger partial charge in [-0.2, -0.15) is 0 Å². The molecule has 8 fully saturated rings. The van der Waals surface area contributed by atoms with E-state index in [2.05, 4.69) is 55.5 Å². The van der Waals surface area contributed by atoms with Gasteiger partial charge in [-0.15, -0.1) is 0 Å². The third-order valence-electron chi connectivity index (χ3n) is 13.0. The molecule has 8 aliphatic carbocycles. The molecule has 0 unspecified atom stereocenters. The van der Waals surface area contributed by atoms with Gasteiger partial charge < -0.3 is 0 Å². The van der Waals surface area contributed by atoms with Crippen LogP contribution >= 0.6 is 15.0 Å². The van der Waals surface area contributed by atoms with E-state index in [-0.39, 0.29) is 0 Å². The predicted molar refractivity (Wildman–Crippen MR) is 172 cm³/mol. The number of rotatable bonds is 8. The van der Waals surface area contributed by atoms with Crippen LogP contribution in [-0.2, 0) is 15.2 Å². The van der Waals surface area contributed by atoms with Gasteiger partial charge in [0.2, 0.25) is 0 Å². The van der Waals surface area contributed by atoms with Crippen LogP contribution in [-0.4, -0.2) is 16.5 Å². The molecule has 0 radical (unpaired) electrons. The van der Waals surface area contributed by atoms with Crippen molar-refractivity contribution in [1.29, 1.82) is 0 Å². The third kappa shape index (κ3) is 3.98. The molecule has 1 nitrogen and oxygen atoms in total. The molecule has 8 aliphatic rings. The summed E-state index contributed by atoms with van der Waals surface area (Å²) in [5, 5.41) is 1.20. The number of benzene rings is 2. The Balaban J connectivity index is 1.36. The van der Waals surface area contributed by atoms with Gasteiger partial charge in [-0.05, 0) is 0 Å². The van der Waals surface area contributed by atoms with Gasteiger partial charge in [0, 0.05) is 0 Å². The zero-order valence-electron chi connectivity index (χ0n) is 24.5. The maximum atomic E-state index is 8.58. The first kappa shape index (κ1) is 27.2. The normalized spacial score (nSPS) is 40.0. The van der Waals surface area contributed by atoms with Crippen LogP contribution in [0.1, 0.15) is 96.8 Å². The van der Waals surface area contributed by atoms with Gasteiger partial charge in [-0.25, -0.2) is 0 Å². The maximum absolute atomic E-state index is 8.58. The minimum absolute atomic E-state index is 0.598. The number of nitrogens with two attached hydrogens (primary N) is 1. The van der Waals surface area contributed by atoms with Crippen LogP contribution in [0.25, 0.3) is 11.1 Å². The number of hydrogen-bond acceptors (Lipinski definition) is 1. The van der Waals surface area contributed by atoms with Gasteiger partial charge in [-0.3, -0.25) is 0 Å². The molecule has 2 aromatic carbocycles. The second-order valence-electron chi connectivity index (χ2n) is 15.5. The number of unbranched alkanes of at least 4 members (excludes halogenated alkanes) is 1. The van der Waals surface area contributed by atoms with Crippen LogP contribution in [0.4, 0.5) is 5.69 Å². The van der Waals surface area contributed by atoms with Crippen molar-refractivity contribution in [2.24, 2.45) is 35.5 Å². The van der Waals surface area contributed by atoms with Gasteiger partial charge in [0.15, 0.2) is 0 Å². The van der Waals surface area contributed by atoms with Crippen molar-refractivity contribution >= 4 is 24.7 Å². The van der Waals surface area contributed by atoms with E-state index in [1.54, 1.807) is 81.1 Å². The van der Waals surface area contributed by atoms with Gasteiger partial charge >= 0.3 is 254 Å². The average Bonchev–Trinajstić information content (AvgIpc) is 2.92. The van der Waals surface area contributed by atoms with Gasteiger partial charge in [0.05, 0.1) is 0 Å². The number of hydrogen-bond donors (Lipinski definition) is 1. The molecule has 0 saturated heterocycles. The molecule has 10 rings (SSSR count). The predicted octanol–water partition coefficient (Wildman–Crippen LogP) is 9.74. The van der Waals surface area contributed by atoms with Crippen LogP contribution in [0.5, 0.6) is 0 Å². The van der Waals surface area contributed by atoms with E-state index < -0.39 is 20.7 Å². The fraction of sp³-hybridized carbons (Fsp3) is 0.667. The summed E-state index contributed by atoms with van der Waals surface area (Å²) in [7, 11) is 8.58. The zero-order chi connectivity index (χ0) is 27.1. The van der Waals surface area contributed by atoms with Crippen molar-refractivity contribution < 1.29 is 15.2 Å². The van der Waals surface area contributed by atoms with Crippen molar-refractivity contribution in [3.8, 4) is 11.1 Å². The van der Waals surface area contributed by atoms with E-state index in [9.17, 15) is 0 Å². The van der Waals surface area contributed by atoms with E-state index in [1.807, 2.05) is 0 Å². The van der Waals surface area contributed by atoms with E-state index in [1.165, 1.54) is 30.1 Å². The Morgan fingerprint density at radius 2 is 1.12 bits per heavy atom. The summed E-state index contributed by atoms with van der Waals surface area (Å²) in [6.45, 7) is 2.46. The van der Waals surface area contributed by atoms with Crippen molar-refractivity contribution in [2.45, 2.75) is 107 Å². The summed E-state index contributed by atoms with van der Waals surface area (Å²) in [5.74, 6) is 6.02. The standard InChI is InChI=1S/C24H39P.C12H10N.ClH.Pd/c1-2-3-4-25(23-11-17-5-18(12-23)7-19(6-17)13-23)24-14-20-8-21(15-24)10-22(9-20)16-24;13-12-9-5-4-8-11(12)10-6-2-1-3-7-10;;/h17-22H,2-16H2,1H3;1-6,8-9H,13H2;1H;. The van der Waals surface area contributed by atoms with Crippen molar-refractivity contribution in [1.82, 2.24) is 0 Å². The van der Waals surface area contributed by atoms with Gasteiger partial charge in [0.25, 0.3) is 0 Å². The molecule has 2 N–H and O–H groups in total. The molecular formula is C36H50ClNPPd. The summed E-state index contributed by atoms with van der Waals surface area (Å²) in [6.07, 6.45) is 22.8. The van der Waals surface area contributed by atoms with Crippen LogP contribution in [0.2, 0.25) is 0 Å². The van der Waals surface area contributed by atoms with Gasteiger partial charge in [0.1, 0.15) is 0 Å². The Morgan fingerprint density at radius 3 is 1.57 bits per heavy atom. The Bertz CT molecular complexity index is 1160. The van der Waals surface area contributed by atoms with Crippen molar-refractivity contribution in [3.05, 3.63) is 48.5 Å². The first-order chi connectivity index (χ1) is 19.4. The fourth-order valence-corrected chi connectivity index (χ4v) is 39.6. The molecule has 8 bridgehead atoms. The van der Waals surface area contributed by atoms with Crippen molar-refractivity contribution in [2.75, 3.05) is 11.9 Å². The number of para-hydroxylation sites is 1. The van der Waals surface area contributed by atoms with Gasteiger partial charge in [-0.1, -0.05) is 0 Å². The SMILES string of the molecule is CCCC[PH]([Pd]([Cl])[c]1ccccc1-c1ccccc1N)(C12CC3CC(CC(C3)C1)C2)C12CC3CC(CC(C3)C1)C2. The summed E-state index contributed by atoms with van der Waals surface area (Å²) >= 11 is -1.51. The summed E-state index contributed by atoms with van der Waals surface area (Å²) in [6, 6.07) is 18.0. The van der Waals surface area contributed by atoms with E-state index in [0.717, 1.165) is 41.2 Å². The molecular weight excluding hydrogens is 619 g/mol. The Hall–Kier alpha value is -0.378. The Kier molecular flexibility index (Phi) is 6.86. The van der Waals surface area contributed by atoms with Crippen LogP contribution < -0.4 is 9.77 Å². The number of anilines is 1. The molecule has 0 atom stereocenters. The van der Waals surface area contributed by atoms with Crippen LogP contribution in [0, 0.1) is 35.5 Å². The molecule has 40 heavy (non-hydrogen) atoms.